The number of rotatable bonds is 1. The van der Waals surface area contributed by atoms with E-state index in [1.54, 1.807) is 0 Å². The second-order valence-corrected chi connectivity index (χ2v) is 10.4. The molecule has 5 aromatic carbocycles. The standard InChI is InChI=1S/C29H20NP/c1-30-26-14-8-7-13-22(26)24-17-25-23-16-15-19-9-5-6-12-21(19)29(23)31(28(25)18-27(24)30)20-10-3-2-4-11-20/h2-18H,1H3. The first kappa shape index (κ1) is 17.2. The van der Waals surface area contributed by atoms with Crippen molar-refractivity contribution in [2.24, 2.45) is 7.05 Å². The highest BCUT2D eigenvalue weighted by molar-refractivity contribution is 7.68. The third kappa shape index (κ3) is 2.27. The summed E-state index contributed by atoms with van der Waals surface area (Å²) in [5.74, 6) is 0. The van der Waals surface area contributed by atoms with Crippen molar-refractivity contribution in [1.29, 1.82) is 0 Å². The average molecular weight is 413 g/mol. The first-order valence-electron chi connectivity index (χ1n) is 10.7. The Kier molecular flexibility index (Phi) is 3.45. The summed E-state index contributed by atoms with van der Waals surface area (Å²) in [6.45, 7) is 0. The number of nitrogens with zero attached hydrogens (tertiary/aromatic N) is 1. The molecular formula is C29H20NP. The van der Waals surface area contributed by atoms with Crippen molar-refractivity contribution >= 4 is 61.1 Å². The van der Waals surface area contributed by atoms with Crippen molar-refractivity contribution in [3.05, 3.63) is 103 Å². The van der Waals surface area contributed by atoms with Crippen LogP contribution in [0.2, 0.25) is 0 Å². The van der Waals surface area contributed by atoms with E-state index in [0.29, 0.717) is 0 Å². The summed E-state index contributed by atoms with van der Waals surface area (Å²) in [4.78, 5) is 0. The van der Waals surface area contributed by atoms with Gasteiger partial charge < -0.3 is 4.57 Å². The van der Waals surface area contributed by atoms with Crippen LogP contribution >= 0.6 is 7.53 Å². The van der Waals surface area contributed by atoms with Crippen LogP contribution in [0, 0.1) is 0 Å². The molecule has 146 valence electrons. The molecule has 0 aliphatic rings. The molecule has 31 heavy (non-hydrogen) atoms. The van der Waals surface area contributed by atoms with E-state index in [-0.39, 0.29) is 0 Å². The second-order valence-electron chi connectivity index (χ2n) is 8.32. The van der Waals surface area contributed by atoms with Crippen LogP contribution in [0.4, 0.5) is 0 Å². The van der Waals surface area contributed by atoms with Crippen molar-refractivity contribution in [3.63, 3.8) is 0 Å². The summed E-state index contributed by atoms with van der Waals surface area (Å²) < 4.78 is 2.35. The Balaban J connectivity index is 1.77. The lowest BCUT2D eigenvalue weighted by Crippen LogP contribution is -1.85. The van der Waals surface area contributed by atoms with Gasteiger partial charge in [-0.15, -0.1) is 0 Å². The van der Waals surface area contributed by atoms with Gasteiger partial charge in [0.05, 0.1) is 0 Å². The minimum absolute atomic E-state index is 0.600. The predicted molar refractivity (Wildman–Crippen MR) is 137 cm³/mol. The smallest absolute Gasteiger partial charge is 0.0498 e. The predicted octanol–water partition coefficient (Wildman–Crippen LogP) is 8.77. The molecule has 7 rings (SSSR count). The second kappa shape index (κ2) is 6.23. The van der Waals surface area contributed by atoms with Gasteiger partial charge in [0.15, 0.2) is 0 Å². The summed E-state index contributed by atoms with van der Waals surface area (Å²) >= 11 is 0. The molecule has 0 radical (unpaired) electrons. The Morgan fingerprint density at radius 1 is 0.548 bits per heavy atom. The molecule has 0 aliphatic carbocycles. The Morgan fingerprint density at radius 2 is 1.29 bits per heavy atom. The Bertz CT molecular complexity index is 1780. The normalized spacial score (nSPS) is 12.6. The number of benzene rings is 5. The van der Waals surface area contributed by atoms with Gasteiger partial charge in [-0.1, -0.05) is 92.5 Å². The minimum Gasteiger partial charge on any atom is -0.344 e. The zero-order chi connectivity index (χ0) is 20.5. The van der Waals surface area contributed by atoms with E-state index < -0.39 is 7.53 Å². The maximum absolute atomic E-state index is 2.47. The summed E-state index contributed by atoms with van der Waals surface area (Å²) in [6.07, 6.45) is 0. The highest BCUT2D eigenvalue weighted by atomic mass is 31.1. The Labute approximate surface area is 181 Å². The van der Waals surface area contributed by atoms with Crippen LogP contribution < -0.4 is 0 Å². The molecule has 1 atom stereocenters. The van der Waals surface area contributed by atoms with Gasteiger partial charge in [0, 0.05) is 39.1 Å². The molecule has 7 aromatic rings. The molecule has 2 aromatic heterocycles. The van der Waals surface area contributed by atoms with E-state index in [0.717, 1.165) is 0 Å². The molecule has 0 aliphatic heterocycles. The van der Waals surface area contributed by atoms with Crippen LogP contribution in [0.5, 0.6) is 0 Å². The van der Waals surface area contributed by atoms with Gasteiger partial charge in [0.1, 0.15) is 0 Å². The van der Waals surface area contributed by atoms with Gasteiger partial charge >= 0.3 is 0 Å². The monoisotopic (exact) mass is 413 g/mol. The van der Waals surface area contributed by atoms with Crippen molar-refractivity contribution < 1.29 is 0 Å². The molecule has 0 N–H and O–H groups in total. The number of fused-ring (bicyclic) bond motifs is 8. The van der Waals surface area contributed by atoms with Crippen molar-refractivity contribution in [1.82, 2.24) is 4.57 Å². The van der Waals surface area contributed by atoms with Gasteiger partial charge in [-0.3, -0.25) is 0 Å². The fourth-order valence-corrected chi connectivity index (χ4v) is 8.08. The molecular weight excluding hydrogens is 393 g/mol. The van der Waals surface area contributed by atoms with E-state index in [9.17, 15) is 0 Å². The number of hydrogen-bond donors (Lipinski definition) is 0. The fourth-order valence-electron chi connectivity index (χ4n) is 5.27. The summed E-state index contributed by atoms with van der Waals surface area (Å²) in [6, 6.07) is 38.2. The Morgan fingerprint density at radius 3 is 2.16 bits per heavy atom. The third-order valence-electron chi connectivity index (χ3n) is 6.70. The lowest BCUT2D eigenvalue weighted by Gasteiger charge is -2.06. The summed E-state index contributed by atoms with van der Waals surface area (Å²) in [5, 5.41) is 12.6. The quantitative estimate of drug-likeness (QED) is 0.253. The zero-order valence-corrected chi connectivity index (χ0v) is 18.1. The van der Waals surface area contributed by atoms with E-state index in [4.69, 9.17) is 0 Å². The highest BCUT2D eigenvalue weighted by Crippen LogP contribution is 2.57. The molecule has 2 heterocycles. The van der Waals surface area contributed by atoms with Crippen LogP contribution in [-0.2, 0) is 7.05 Å². The number of hydrogen-bond acceptors (Lipinski definition) is 0. The minimum atomic E-state index is -0.600. The fraction of sp³-hybridized carbons (Fsp3) is 0.0345. The maximum atomic E-state index is 2.47. The van der Waals surface area contributed by atoms with Gasteiger partial charge in [0.25, 0.3) is 0 Å². The van der Waals surface area contributed by atoms with E-state index in [2.05, 4.69) is 115 Å². The van der Waals surface area contributed by atoms with Crippen LogP contribution in [0.3, 0.4) is 0 Å². The number of aromatic nitrogens is 1. The van der Waals surface area contributed by atoms with Crippen molar-refractivity contribution in [2.45, 2.75) is 0 Å². The average Bonchev–Trinajstić information content (AvgIpc) is 3.31. The molecule has 0 saturated heterocycles. The molecule has 0 fully saturated rings. The molecule has 0 amide bonds. The molecule has 2 heteroatoms. The van der Waals surface area contributed by atoms with Crippen LogP contribution in [0.25, 0.3) is 58.9 Å². The third-order valence-corrected chi connectivity index (χ3v) is 9.30. The van der Waals surface area contributed by atoms with Gasteiger partial charge in [0.2, 0.25) is 0 Å². The zero-order valence-electron chi connectivity index (χ0n) is 17.2. The van der Waals surface area contributed by atoms with Gasteiger partial charge in [-0.05, 0) is 45.0 Å². The van der Waals surface area contributed by atoms with Crippen LogP contribution in [0.15, 0.2) is 103 Å². The SMILES string of the molecule is Cn1c2ccccc2c2cc3c4ccc5ccccc5c4p(-c4ccccc4)c3cc21. The Hall–Kier alpha value is -3.54. The summed E-state index contributed by atoms with van der Waals surface area (Å²) in [5.41, 5.74) is 2.62. The molecule has 0 saturated carbocycles. The van der Waals surface area contributed by atoms with E-state index >= 15 is 0 Å². The first-order chi connectivity index (χ1) is 15.3. The highest BCUT2D eigenvalue weighted by Gasteiger charge is 2.18. The van der Waals surface area contributed by atoms with Gasteiger partial charge in [-0.25, -0.2) is 0 Å². The van der Waals surface area contributed by atoms with Crippen molar-refractivity contribution in [2.75, 3.05) is 0 Å². The maximum Gasteiger partial charge on any atom is 0.0498 e. The first-order valence-corrected chi connectivity index (χ1v) is 12.0. The molecule has 0 spiro atoms. The van der Waals surface area contributed by atoms with Crippen LogP contribution in [-0.4, -0.2) is 4.57 Å². The van der Waals surface area contributed by atoms with E-state index in [1.807, 2.05) is 0 Å². The number of aryl methyl sites for hydroxylation is 1. The molecule has 1 nitrogen and oxygen atoms in total. The van der Waals surface area contributed by atoms with E-state index in [1.165, 1.54) is 58.9 Å². The van der Waals surface area contributed by atoms with Crippen molar-refractivity contribution in [3.8, 4) is 5.30 Å². The lowest BCUT2D eigenvalue weighted by molar-refractivity contribution is 1.02. The molecule has 0 bridgehead atoms. The van der Waals surface area contributed by atoms with Gasteiger partial charge in [-0.2, -0.15) is 0 Å². The topological polar surface area (TPSA) is 4.93 Å². The lowest BCUT2D eigenvalue weighted by atomic mass is 10.0. The van der Waals surface area contributed by atoms with Crippen LogP contribution in [0.1, 0.15) is 0 Å². The largest absolute Gasteiger partial charge is 0.344 e. The molecule has 1 unspecified atom stereocenters. The summed E-state index contributed by atoms with van der Waals surface area (Å²) in [7, 11) is 1.59. The number of para-hydroxylation sites is 1.